The van der Waals surface area contributed by atoms with E-state index in [1.807, 2.05) is 0 Å². The smallest absolute Gasteiger partial charge is 0.390 e. The lowest BCUT2D eigenvalue weighted by molar-refractivity contribution is -0.870. The van der Waals surface area contributed by atoms with E-state index in [2.05, 4.69) is 31.2 Å². The zero-order chi connectivity index (χ0) is 21.4. The molecule has 1 unspecified atom stereocenters. The first-order valence-corrected chi connectivity index (χ1v) is 11.5. The fourth-order valence-electron chi connectivity index (χ4n) is 2.46. The third kappa shape index (κ3) is 7.94. The third-order valence-corrected chi connectivity index (χ3v) is 6.57. The molecule has 28 heavy (non-hydrogen) atoms. The number of nitrogens with zero attached hydrogens (tertiary/aromatic N) is 5. The number of alkyl halides is 2. The highest BCUT2D eigenvalue weighted by molar-refractivity contribution is 7.54. The van der Waals surface area contributed by atoms with Gasteiger partial charge < -0.3 is 14.6 Å². The van der Waals surface area contributed by atoms with Crippen LogP contribution >= 0.6 is 30.9 Å². The number of nitrogens with one attached hydrogen (secondary N) is 1. The van der Waals surface area contributed by atoms with E-state index >= 15 is 0 Å². The number of rotatable bonds is 14. The Hall–Kier alpha value is -0.740. The van der Waals surface area contributed by atoms with Gasteiger partial charge in [-0.25, -0.2) is 14.3 Å². The number of hydrogen-bond acceptors (Lipinski definition) is 5. The van der Waals surface area contributed by atoms with Crippen LogP contribution in [0.15, 0.2) is 6.20 Å². The molecule has 0 aliphatic rings. The van der Waals surface area contributed by atoms with Crippen LogP contribution in [0.25, 0.3) is 0 Å². The van der Waals surface area contributed by atoms with Crippen molar-refractivity contribution in [3.63, 3.8) is 0 Å². The Morgan fingerprint density at radius 1 is 1.36 bits per heavy atom. The predicted molar refractivity (Wildman–Crippen MR) is 111 cm³/mol. The molecular weight excluding hydrogens is 430 g/mol. The first kappa shape index (κ1) is 25.3. The summed E-state index contributed by atoms with van der Waals surface area (Å²) in [6.45, 7) is 1.95. The summed E-state index contributed by atoms with van der Waals surface area (Å²) in [6.07, 6.45) is 2.14. The molecule has 1 rings (SSSR count). The molecule has 0 aromatic carbocycles. The number of imidazole rings is 1. The summed E-state index contributed by atoms with van der Waals surface area (Å²) in [5.41, 5.74) is 0.441. The van der Waals surface area contributed by atoms with Gasteiger partial charge in [0.25, 0.3) is 0 Å². The molecule has 1 atom stereocenters. The highest BCUT2D eigenvalue weighted by Gasteiger charge is 2.32. The second kappa shape index (κ2) is 11.4. The van der Waals surface area contributed by atoms with Gasteiger partial charge >= 0.3 is 13.6 Å². The van der Waals surface area contributed by atoms with Gasteiger partial charge in [0.15, 0.2) is 0 Å². The molecule has 0 aliphatic heterocycles. The molecule has 0 radical (unpaired) electrons. The van der Waals surface area contributed by atoms with Crippen molar-refractivity contribution < 1.29 is 18.5 Å². The second-order valence-corrected chi connectivity index (χ2v) is 10.2. The van der Waals surface area contributed by atoms with Crippen molar-refractivity contribution in [2.24, 2.45) is 7.05 Å². The highest BCUT2D eigenvalue weighted by Crippen LogP contribution is 2.47. The molecule has 0 saturated carbocycles. The van der Waals surface area contributed by atoms with E-state index in [0.717, 1.165) is 17.4 Å². The van der Waals surface area contributed by atoms with E-state index in [1.54, 1.807) is 4.67 Å². The molecule has 10 nitrogen and oxygen atoms in total. The highest BCUT2D eigenvalue weighted by atomic mass is 35.5. The lowest BCUT2D eigenvalue weighted by atomic mass is 10.4. The van der Waals surface area contributed by atoms with E-state index in [1.165, 1.54) is 17.8 Å². The number of hydrogen-bond donors (Lipinski definition) is 1. The molecule has 0 spiro atoms. The van der Waals surface area contributed by atoms with Crippen LogP contribution in [0.3, 0.4) is 0 Å². The Labute approximate surface area is 176 Å². The Kier molecular flexibility index (Phi) is 10.3. The first-order chi connectivity index (χ1) is 13.0. The topological polar surface area (TPSA) is 103 Å². The number of aromatic nitrogens is 2. The van der Waals surface area contributed by atoms with Gasteiger partial charge in [-0.15, -0.1) is 23.2 Å². The summed E-state index contributed by atoms with van der Waals surface area (Å²) in [4.78, 5) is 14.1. The van der Waals surface area contributed by atoms with Crippen LogP contribution in [-0.2, 0) is 22.7 Å². The van der Waals surface area contributed by atoms with Gasteiger partial charge in [0.2, 0.25) is 0 Å². The molecule has 1 aromatic rings. The molecular formula is C15H30Cl2N6O4P+. The van der Waals surface area contributed by atoms with Gasteiger partial charge in [0.05, 0.1) is 34.7 Å². The van der Waals surface area contributed by atoms with E-state index in [-0.39, 0.29) is 24.3 Å². The van der Waals surface area contributed by atoms with Crippen molar-refractivity contribution in [3.8, 4) is 0 Å². The number of halogens is 2. The van der Waals surface area contributed by atoms with E-state index < -0.39 is 12.6 Å². The minimum Gasteiger partial charge on any atom is -0.390 e. The summed E-state index contributed by atoms with van der Waals surface area (Å²) < 4.78 is 23.0. The molecule has 1 aromatic heterocycles. The lowest BCUT2D eigenvalue weighted by Gasteiger charge is -2.31. The van der Waals surface area contributed by atoms with Crippen LogP contribution in [0.4, 0.5) is 5.95 Å². The van der Waals surface area contributed by atoms with Crippen LogP contribution in [0.5, 0.6) is 0 Å². The number of quaternary nitrogens is 1. The Morgan fingerprint density at radius 2 is 1.96 bits per heavy atom. The fraction of sp³-hybridized carbons (Fsp3) is 0.800. The molecule has 1 N–H and O–H groups in total. The largest absolute Gasteiger partial charge is 0.434 e. The summed E-state index contributed by atoms with van der Waals surface area (Å²) in [5.74, 6) is 0.229. The van der Waals surface area contributed by atoms with Crippen molar-refractivity contribution in [1.82, 2.24) is 19.3 Å². The molecule has 0 bridgehead atoms. The minimum atomic E-state index is -3.45. The summed E-state index contributed by atoms with van der Waals surface area (Å²) in [5, 5.41) is 14.0. The summed E-state index contributed by atoms with van der Waals surface area (Å²) >= 11 is 11.7. The molecule has 0 fully saturated rings. The second-order valence-electron chi connectivity index (χ2n) is 7.27. The molecule has 0 amide bonds. The van der Waals surface area contributed by atoms with Gasteiger partial charge in [0, 0.05) is 37.8 Å². The van der Waals surface area contributed by atoms with Crippen molar-refractivity contribution >= 4 is 36.8 Å². The molecule has 0 saturated heterocycles. The standard InChI is InChI=1S/C15H30Cl2N6O4P/c1-20-14(12-18-15(20)22(24)25)13-27-28(26,21(9-6-16)10-7-17)19-8-5-11-23(2,3)4/h12H,5-11,13H2,1-4H3,(H,19,26)/q+1. The molecule has 162 valence electrons. The van der Waals surface area contributed by atoms with Crippen LogP contribution in [0, 0.1) is 10.1 Å². The molecule has 13 heteroatoms. The van der Waals surface area contributed by atoms with Gasteiger partial charge in [-0.2, -0.15) is 0 Å². The zero-order valence-corrected chi connectivity index (χ0v) is 19.2. The monoisotopic (exact) mass is 459 g/mol. The number of nitro groups is 1. The maximum Gasteiger partial charge on any atom is 0.434 e. The quantitative estimate of drug-likeness (QED) is 0.114. The van der Waals surface area contributed by atoms with Crippen LogP contribution < -0.4 is 5.09 Å². The zero-order valence-electron chi connectivity index (χ0n) is 16.8. The Morgan fingerprint density at radius 3 is 2.43 bits per heavy atom. The van der Waals surface area contributed by atoms with Gasteiger partial charge in [-0.05, 0) is 4.92 Å². The average molecular weight is 460 g/mol. The SMILES string of the molecule is Cn1c(COP(=O)(NCCC[N+](C)(C)C)N(CCCl)CCCl)cnc1[N+](=O)[O-]. The van der Waals surface area contributed by atoms with Crippen LogP contribution in [0.2, 0.25) is 0 Å². The Balaban J connectivity index is 2.90. The van der Waals surface area contributed by atoms with E-state index in [4.69, 9.17) is 27.7 Å². The third-order valence-electron chi connectivity index (χ3n) is 3.99. The van der Waals surface area contributed by atoms with Crippen molar-refractivity contribution in [2.75, 3.05) is 59.1 Å². The van der Waals surface area contributed by atoms with Crippen molar-refractivity contribution in [2.45, 2.75) is 13.0 Å². The normalized spacial score (nSPS) is 14.4. The summed E-state index contributed by atoms with van der Waals surface area (Å²) in [7, 11) is 4.31. The fourth-order valence-corrected chi connectivity index (χ4v) is 5.04. The van der Waals surface area contributed by atoms with E-state index in [9.17, 15) is 14.7 Å². The van der Waals surface area contributed by atoms with Gasteiger partial charge in [-0.3, -0.25) is 9.09 Å². The minimum absolute atomic E-state index is 0.0992. The van der Waals surface area contributed by atoms with Crippen LogP contribution in [0.1, 0.15) is 12.1 Å². The van der Waals surface area contributed by atoms with Gasteiger partial charge in [-0.1, -0.05) is 4.98 Å². The average Bonchev–Trinajstić information content (AvgIpc) is 2.97. The van der Waals surface area contributed by atoms with Crippen molar-refractivity contribution in [1.29, 1.82) is 0 Å². The first-order valence-electron chi connectivity index (χ1n) is 8.86. The lowest BCUT2D eigenvalue weighted by Crippen LogP contribution is -2.38. The molecule has 0 aliphatic carbocycles. The van der Waals surface area contributed by atoms with Crippen LogP contribution in [-0.4, -0.2) is 82.7 Å². The van der Waals surface area contributed by atoms with E-state index in [0.29, 0.717) is 25.3 Å². The maximum atomic E-state index is 13.5. The molecule has 1 heterocycles. The van der Waals surface area contributed by atoms with Gasteiger partial charge in [0.1, 0.15) is 18.5 Å². The maximum absolute atomic E-state index is 13.5. The predicted octanol–water partition coefficient (Wildman–Crippen LogP) is 2.42. The summed E-state index contributed by atoms with van der Waals surface area (Å²) in [6, 6.07) is 0. The van der Waals surface area contributed by atoms with Crippen molar-refractivity contribution in [3.05, 3.63) is 22.0 Å². The Bertz CT molecular complexity index is 676.